The third kappa shape index (κ3) is 54.7. The molecule has 3 saturated heterocycles. The Balaban J connectivity index is 0.000000393. The number of carbonyl (C=O) groups excluding carboxylic acids is 12. The van der Waals surface area contributed by atoms with E-state index in [9.17, 15) is 57.5 Å². The number of hydrogen-bond donors (Lipinski definition) is 6. The number of epoxide rings is 3. The first-order chi connectivity index (χ1) is 71.5. The second-order valence-electron chi connectivity index (χ2n) is 40.0. The number of Topliss-reactive ketones (excluding diaryl/α,β-unsaturated/α-hetero) is 6. The van der Waals surface area contributed by atoms with E-state index in [0.717, 1.165) is 22.3 Å². The minimum Gasteiger partial charge on any atom is -0.384 e. The average Bonchev–Trinajstić information content (AvgIpc) is 1.65. The van der Waals surface area contributed by atoms with Gasteiger partial charge in [0.1, 0.15) is 28.9 Å². The first-order valence-corrected chi connectivity index (χ1v) is 55.5. The Hall–Kier alpha value is -7.87. The summed E-state index contributed by atoms with van der Waals surface area (Å²) in [7, 11) is 10.7. The van der Waals surface area contributed by atoms with E-state index in [-0.39, 0.29) is 134 Å². The van der Waals surface area contributed by atoms with Crippen molar-refractivity contribution in [2.75, 3.05) is 212 Å². The van der Waals surface area contributed by atoms with E-state index < -0.39 is 98.4 Å². The normalized spacial score (nSPS) is 17.9. The minimum absolute atomic E-state index is 0.00322. The number of amides is 6. The molecule has 0 saturated carbocycles. The van der Waals surface area contributed by atoms with Crippen LogP contribution >= 0.6 is 35.3 Å². The quantitative estimate of drug-likeness (QED) is 0.0177. The van der Waals surface area contributed by atoms with Gasteiger partial charge in [0.25, 0.3) is 0 Å². The summed E-state index contributed by atoms with van der Waals surface area (Å²) in [5.74, 6) is -3.64. The lowest BCUT2D eigenvalue weighted by Crippen LogP contribution is -2.51. The fourth-order valence-electron chi connectivity index (χ4n) is 16.1. The summed E-state index contributed by atoms with van der Waals surface area (Å²) in [6.07, 6.45) is 5.36. The van der Waals surface area contributed by atoms with Crippen LogP contribution in [-0.2, 0) is 159 Å². The Morgan fingerprint density at radius 2 is 0.510 bits per heavy atom. The van der Waals surface area contributed by atoms with Gasteiger partial charge in [0.15, 0.2) is 34.7 Å². The van der Waals surface area contributed by atoms with Gasteiger partial charge >= 0.3 is 0 Å². The molecule has 0 aliphatic carbocycles. The molecule has 0 radical (unpaired) electrons. The Bertz CT molecular complexity index is 4460. The number of hydrogen-bond acceptors (Lipinski definition) is 31. The van der Waals surface area contributed by atoms with Crippen LogP contribution in [0.25, 0.3) is 0 Å². The van der Waals surface area contributed by atoms with Crippen molar-refractivity contribution >= 4 is 105 Å². The van der Waals surface area contributed by atoms with Gasteiger partial charge in [-0.25, -0.2) is 0 Å². The summed E-state index contributed by atoms with van der Waals surface area (Å²) in [6.45, 7) is 29.0. The fourth-order valence-corrected chi connectivity index (χ4v) is 19.1. The largest absolute Gasteiger partial charge is 0.384 e. The van der Waals surface area contributed by atoms with Gasteiger partial charge in [-0.3, -0.25) is 57.5 Å². The topological polar surface area (TPSA) is 435 Å². The van der Waals surface area contributed by atoms with E-state index in [2.05, 4.69) is 31.9 Å². The Labute approximate surface area is 897 Å². The highest BCUT2D eigenvalue weighted by atomic mass is 32.2. The molecule has 3 heterocycles. The van der Waals surface area contributed by atoms with Gasteiger partial charge in [-0.1, -0.05) is 177 Å². The van der Waals surface area contributed by atoms with Gasteiger partial charge < -0.3 is 108 Å². The SMILES string of the molecule is COCCOCCOCCS[C@@H](CCc1ccccc1)C(=O)N[C@@H](CC(C)C)C(=O)C[C@@H](COC)C(=O)N[C@@H](CC(C)C)C(=O)[C@@]1(C)CO1.COCCOCCOCCS[C@@H](CCc1ccccc1)C(=O)N[C@@H](COC)C(=O)C[C@@H](COC)C(=O)N[C@@H](CC(C)C)C(=O)[C@@]1(C)CO1.COCCOCCOCCS[C@@H](CCc1ccccc1)C(=O)N[C@@H](COC)C(=O)C[C@@H](Cc1ccccc1)C(=O)N[C@@H](CC(C)C)C(=O)[C@@]1(C)CO1. The van der Waals surface area contributed by atoms with Crippen molar-refractivity contribution in [1.29, 1.82) is 0 Å². The highest BCUT2D eigenvalue weighted by molar-refractivity contribution is 8.01. The van der Waals surface area contributed by atoms with E-state index in [1.165, 1.54) is 63.7 Å². The van der Waals surface area contributed by atoms with Crippen molar-refractivity contribution in [3.05, 3.63) is 144 Å². The van der Waals surface area contributed by atoms with Crippen molar-refractivity contribution in [2.24, 2.45) is 41.4 Å². The zero-order valence-corrected chi connectivity index (χ0v) is 94.0. The molecule has 34 nitrogen and oxygen atoms in total. The van der Waals surface area contributed by atoms with Crippen LogP contribution in [-0.4, -0.2) is 351 Å². The molecule has 0 aromatic heterocycles. The summed E-state index contributed by atoms with van der Waals surface area (Å²) >= 11 is 4.45. The molecule has 6 amide bonds. The number of carbonyl (C=O) groups is 12. The van der Waals surface area contributed by atoms with Crippen LogP contribution in [0.1, 0.15) is 163 Å². The van der Waals surface area contributed by atoms with E-state index in [0.29, 0.717) is 200 Å². The lowest BCUT2D eigenvalue weighted by atomic mass is 9.89. The van der Waals surface area contributed by atoms with Crippen LogP contribution in [0.3, 0.4) is 0 Å². The molecule has 3 aliphatic rings. The van der Waals surface area contributed by atoms with Crippen molar-refractivity contribution in [3.8, 4) is 0 Å². The maximum Gasteiger partial charge on any atom is 0.233 e. The summed E-state index contributed by atoms with van der Waals surface area (Å²) in [5, 5.41) is 16.3. The number of rotatable bonds is 84. The molecule has 6 N–H and O–H groups in total. The zero-order chi connectivity index (χ0) is 109. The molecular weight excluding hydrogens is 1970 g/mol. The first-order valence-electron chi connectivity index (χ1n) is 52.3. The van der Waals surface area contributed by atoms with E-state index in [1.807, 2.05) is 177 Å². The monoisotopic (exact) mass is 2150 g/mol. The van der Waals surface area contributed by atoms with Gasteiger partial charge in [0.05, 0.1) is 197 Å². The van der Waals surface area contributed by atoms with Gasteiger partial charge in [0, 0.05) is 92.2 Å². The average molecular weight is 2150 g/mol. The first kappa shape index (κ1) is 132. The Morgan fingerprint density at radius 1 is 0.282 bits per heavy atom. The number of methoxy groups -OCH3 is 7. The van der Waals surface area contributed by atoms with E-state index in [4.69, 9.17) is 75.8 Å². The van der Waals surface area contributed by atoms with Crippen LogP contribution in [0.2, 0.25) is 0 Å². The predicted octanol–water partition coefficient (Wildman–Crippen LogP) is 10.9. The van der Waals surface area contributed by atoms with Crippen LogP contribution in [0.4, 0.5) is 0 Å². The van der Waals surface area contributed by atoms with Crippen molar-refractivity contribution in [1.82, 2.24) is 31.9 Å². The molecule has 15 atom stereocenters. The molecule has 3 aliphatic heterocycles. The highest BCUT2D eigenvalue weighted by Gasteiger charge is 2.53. The summed E-state index contributed by atoms with van der Waals surface area (Å²) < 4.78 is 85.7. The predicted molar refractivity (Wildman–Crippen MR) is 578 cm³/mol. The van der Waals surface area contributed by atoms with E-state index >= 15 is 0 Å². The van der Waals surface area contributed by atoms with Crippen molar-refractivity contribution in [3.63, 3.8) is 0 Å². The lowest BCUT2D eigenvalue weighted by Gasteiger charge is -2.26. The third-order valence-corrected chi connectivity index (χ3v) is 28.6. The van der Waals surface area contributed by atoms with Gasteiger partial charge in [0.2, 0.25) is 35.4 Å². The highest BCUT2D eigenvalue weighted by Crippen LogP contribution is 2.34. The summed E-state index contributed by atoms with van der Waals surface area (Å²) in [5.41, 5.74) is 1.55. The van der Waals surface area contributed by atoms with Crippen molar-refractivity contribution < 1.29 is 133 Å². The molecule has 3 fully saturated rings. The Morgan fingerprint density at radius 3 is 0.772 bits per heavy atom. The number of ketones is 6. The minimum atomic E-state index is -0.971. The molecule has 0 spiro atoms. The zero-order valence-electron chi connectivity index (χ0n) is 91.5. The Kier molecular flexibility index (Phi) is 66.3. The van der Waals surface area contributed by atoms with Crippen LogP contribution < -0.4 is 31.9 Å². The third-order valence-electron chi connectivity index (χ3n) is 24.9. The maximum absolute atomic E-state index is 14.0. The van der Waals surface area contributed by atoms with Gasteiger partial charge in [-0.2, -0.15) is 0 Å². The van der Waals surface area contributed by atoms with Gasteiger partial charge in [-0.15, -0.1) is 35.3 Å². The number of benzene rings is 4. The van der Waals surface area contributed by atoms with E-state index in [1.54, 1.807) is 42.1 Å². The number of nitrogens with one attached hydrogen (secondary N) is 6. The molecule has 7 rings (SSSR count). The second kappa shape index (κ2) is 75.0. The fraction of sp³-hybridized carbons (Fsp3) is 0.679. The molecule has 838 valence electrons. The molecule has 4 aromatic carbocycles. The standard InChI is InChI=1S/C40H58N2O9S.C37H60N2O9S.C35H56N2O10S/c1-29(2)24-33(37(44)40(3)28-51-40)41-38(45)32(25-31-14-10-7-11-15-31)26-35(43)34(27-48-5)42-39(46)36(17-16-30-12-8-6-9-13-30)52-23-22-50-21-20-49-19-18-47-4;1-26(2)21-30(32(40)23-29(24-45-7)35(42)39-31(22-27(3)4)34(41)37(5)25-48-37)38-36(43)33(14-13-28-11-9-8-10-12-28)49-20-19-47-18-17-46-16-15-44-6;1-25(2)20-28(32(39)35(3)24-47-35)36-33(40)27(22-43-5)21-30(38)29(23-44-6)37-34(41)31(13-12-26-10-8-7-9-11-26)48-19-18-46-17-16-45-15-14-42-4/h6-15,29,32-34,36H,16-28H2,1-5H3,(H,41,45)(H,42,46);8-12,26-27,29-31,33H,13-25H2,1-7H3,(H,38,43)(H,39,42);7-11,25,27-29,31H,12-24H2,1-6H3,(H,36,40)(H,37,41)/t32-,33+,34+,36+,40-;29-,30-,31-,33-,37+;27-,28-,29-,31-,35+/m100/s1. The molecule has 149 heavy (non-hydrogen) atoms. The van der Waals surface area contributed by atoms with Crippen LogP contribution in [0.15, 0.2) is 121 Å². The van der Waals surface area contributed by atoms with Crippen molar-refractivity contribution in [2.45, 2.75) is 235 Å². The van der Waals surface area contributed by atoms with Gasteiger partial charge in [-0.05, 0) is 137 Å². The number of ether oxygens (including phenoxy) is 16. The summed E-state index contributed by atoms with van der Waals surface area (Å²) in [6, 6.07) is 34.4. The smallest absolute Gasteiger partial charge is 0.233 e. The van der Waals surface area contributed by atoms with Crippen LogP contribution in [0.5, 0.6) is 0 Å². The molecule has 0 bridgehead atoms. The molecular formula is C112H174N6O28S3. The second-order valence-corrected chi connectivity index (χ2v) is 43.9. The molecule has 37 heteroatoms. The maximum atomic E-state index is 14.0. The number of aryl methyl sites for hydroxylation is 3. The summed E-state index contributed by atoms with van der Waals surface area (Å²) in [4.78, 5) is 163. The molecule has 0 unspecified atom stereocenters. The number of thioether (sulfide) groups is 3. The van der Waals surface area contributed by atoms with Crippen LogP contribution in [0, 0.1) is 41.4 Å². The lowest BCUT2D eigenvalue weighted by molar-refractivity contribution is -0.136. The molecule has 4 aromatic rings.